The topological polar surface area (TPSA) is 41.6 Å². The van der Waals surface area contributed by atoms with Crippen LogP contribution in [0.15, 0.2) is 30.3 Å². The molecule has 1 aliphatic heterocycles. The number of benzene rings is 1. The lowest BCUT2D eigenvalue weighted by Crippen LogP contribution is -2.40. The highest BCUT2D eigenvalue weighted by Gasteiger charge is 2.21. The third kappa shape index (κ3) is 4.24. The predicted octanol–water partition coefficient (Wildman–Crippen LogP) is 1.67. The summed E-state index contributed by atoms with van der Waals surface area (Å²) in [4.78, 5) is 14.0. The SMILES string of the molecule is CN(C(=O)COc1ccccc1)[C@@H]1CCCNCC1. The molecule has 0 spiro atoms. The molecule has 2 rings (SSSR count). The Morgan fingerprint density at radius 2 is 2.11 bits per heavy atom. The molecule has 0 aromatic heterocycles. The molecular formula is C15H22N2O2. The van der Waals surface area contributed by atoms with Crippen molar-refractivity contribution in [2.45, 2.75) is 25.3 Å². The van der Waals surface area contributed by atoms with E-state index in [-0.39, 0.29) is 12.5 Å². The standard InChI is InChI=1S/C15H22N2O2/c1-17(13-6-5-10-16-11-9-13)15(18)12-19-14-7-3-2-4-8-14/h2-4,7-8,13,16H,5-6,9-12H2,1H3/t13-/m1/s1. The number of nitrogens with zero attached hydrogens (tertiary/aromatic N) is 1. The highest BCUT2D eigenvalue weighted by Crippen LogP contribution is 2.13. The zero-order valence-corrected chi connectivity index (χ0v) is 11.5. The van der Waals surface area contributed by atoms with Crippen molar-refractivity contribution < 1.29 is 9.53 Å². The first-order valence-electron chi connectivity index (χ1n) is 6.91. The Kier molecular flexibility index (Phi) is 5.21. The third-order valence-electron chi connectivity index (χ3n) is 3.59. The van der Waals surface area contributed by atoms with Crippen LogP contribution in [0.4, 0.5) is 0 Å². The molecule has 0 unspecified atom stereocenters. The summed E-state index contributed by atoms with van der Waals surface area (Å²) in [7, 11) is 1.88. The fourth-order valence-corrected chi connectivity index (χ4v) is 2.36. The minimum Gasteiger partial charge on any atom is -0.484 e. The van der Waals surface area contributed by atoms with Gasteiger partial charge in [0.25, 0.3) is 5.91 Å². The van der Waals surface area contributed by atoms with Gasteiger partial charge in [0.1, 0.15) is 5.75 Å². The van der Waals surface area contributed by atoms with Gasteiger partial charge in [0, 0.05) is 13.1 Å². The molecule has 104 valence electrons. The first-order valence-corrected chi connectivity index (χ1v) is 6.91. The Morgan fingerprint density at radius 1 is 1.32 bits per heavy atom. The summed E-state index contributed by atoms with van der Waals surface area (Å²) in [5.41, 5.74) is 0. The van der Waals surface area contributed by atoms with Crippen LogP contribution in [-0.4, -0.2) is 43.6 Å². The van der Waals surface area contributed by atoms with Gasteiger partial charge in [-0.3, -0.25) is 4.79 Å². The van der Waals surface area contributed by atoms with Crippen molar-refractivity contribution in [3.63, 3.8) is 0 Å². The number of carbonyl (C=O) groups excluding carboxylic acids is 1. The molecule has 19 heavy (non-hydrogen) atoms. The molecule has 4 heteroatoms. The highest BCUT2D eigenvalue weighted by molar-refractivity contribution is 5.77. The molecule has 0 radical (unpaired) electrons. The van der Waals surface area contributed by atoms with Crippen LogP contribution in [-0.2, 0) is 4.79 Å². The van der Waals surface area contributed by atoms with Crippen LogP contribution < -0.4 is 10.1 Å². The molecule has 1 atom stereocenters. The maximum Gasteiger partial charge on any atom is 0.260 e. The molecule has 1 N–H and O–H groups in total. The summed E-state index contributed by atoms with van der Waals surface area (Å²) in [6.07, 6.45) is 3.22. The summed E-state index contributed by atoms with van der Waals surface area (Å²) >= 11 is 0. The predicted molar refractivity (Wildman–Crippen MR) is 75.2 cm³/mol. The molecule has 1 aromatic carbocycles. The molecule has 0 saturated carbocycles. The lowest BCUT2D eigenvalue weighted by Gasteiger charge is -2.27. The van der Waals surface area contributed by atoms with Crippen LogP contribution in [0.3, 0.4) is 0 Å². The number of hydrogen-bond acceptors (Lipinski definition) is 3. The van der Waals surface area contributed by atoms with E-state index in [1.165, 1.54) is 0 Å². The van der Waals surface area contributed by atoms with Gasteiger partial charge in [-0.1, -0.05) is 18.2 Å². The Balaban J connectivity index is 1.81. The fourth-order valence-electron chi connectivity index (χ4n) is 2.36. The van der Waals surface area contributed by atoms with Crippen molar-refractivity contribution in [1.82, 2.24) is 10.2 Å². The Hall–Kier alpha value is -1.55. The second-order valence-corrected chi connectivity index (χ2v) is 4.94. The van der Waals surface area contributed by atoms with Crippen LogP contribution >= 0.6 is 0 Å². The fraction of sp³-hybridized carbons (Fsp3) is 0.533. The van der Waals surface area contributed by atoms with Gasteiger partial charge in [-0.2, -0.15) is 0 Å². The Labute approximate surface area is 114 Å². The van der Waals surface area contributed by atoms with Gasteiger partial charge in [0.2, 0.25) is 0 Å². The summed E-state index contributed by atoms with van der Waals surface area (Å²) in [5, 5.41) is 3.36. The van der Waals surface area contributed by atoms with Gasteiger partial charge in [0.05, 0.1) is 0 Å². The molecule has 0 bridgehead atoms. The number of rotatable bonds is 4. The first kappa shape index (κ1) is 13.9. The number of hydrogen-bond donors (Lipinski definition) is 1. The average molecular weight is 262 g/mol. The number of nitrogens with one attached hydrogen (secondary N) is 1. The summed E-state index contributed by atoms with van der Waals surface area (Å²) in [6.45, 7) is 2.16. The van der Waals surface area contributed by atoms with Gasteiger partial charge in [-0.25, -0.2) is 0 Å². The quantitative estimate of drug-likeness (QED) is 0.897. The Morgan fingerprint density at radius 3 is 2.89 bits per heavy atom. The summed E-state index contributed by atoms with van der Waals surface area (Å²) < 4.78 is 5.50. The smallest absolute Gasteiger partial charge is 0.260 e. The van der Waals surface area contributed by atoms with Crippen LogP contribution in [0, 0.1) is 0 Å². The maximum atomic E-state index is 12.1. The molecule has 1 saturated heterocycles. The van der Waals surface area contributed by atoms with Crippen LogP contribution in [0.25, 0.3) is 0 Å². The number of ether oxygens (including phenoxy) is 1. The molecule has 1 amide bonds. The third-order valence-corrected chi connectivity index (χ3v) is 3.59. The van der Waals surface area contributed by atoms with Crippen molar-refractivity contribution in [3.05, 3.63) is 30.3 Å². The summed E-state index contributed by atoms with van der Waals surface area (Å²) in [6, 6.07) is 9.80. The van der Waals surface area contributed by atoms with E-state index in [0.717, 1.165) is 38.1 Å². The van der Waals surface area contributed by atoms with E-state index >= 15 is 0 Å². The van der Waals surface area contributed by atoms with Gasteiger partial charge in [-0.05, 0) is 44.5 Å². The first-order chi connectivity index (χ1) is 9.27. The van der Waals surface area contributed by atoms with Gasteiger partial charge >= 0.3 is 0 Å². The van der Waals surface area contributed by atoms with Crippen LogP contribution in [0.5, 0.6) is 5.75 Å². The zero-order valence-electron chi connectivity index (χ0n) is 11.5. The second kappa shape index (κ2) is 7.14. The number of amides is 1. The number of para-hydroxylation sites is 1. The molecule has 1 heterocycles. The monoisotopic (exact) mass is 262 g/mol. The maximum absolute atomic E-state index is 12.1. The molecule has 1 aliphatic rings. The average Bonchev–Trinajstić information content (AvgIpc) is 2.74. The molecule has 0 aliphatic carbocycles. The van der Waals surface area contributed by atoms with Gasteiger partial charge in [0.15, 0.2) is 6.61 Å². The van der Waals surface area contributed by atoms with Gasteiger partial charge in [-0.15, -0.1) is 0 Å². The Bertz CT molecular complexity index is 386. The van der Waals surface area contributed by atoms with E-state index in [1.807, 2.05) is 42.3 Å². The minimum atomic E-state index is 0.0516. The molecule has 4 nitrogen and oxygen atoms in total. The lowest BCUT2D eigenvalue weighted by molar-refractivity contribution is -0.134. The van der Waals surface area contributed by atoms with E-state index < -0.39 is 0 Å². The number of likely N-dealkylation sites (N-methyl/N-ethyl adjacent to an activating group) is 1. The van der Waals surface area contributed by atoms with E-state index in [9.17, 15) is 4.79 Å². The van der Waals surface area contributed by atoms with Crippen molar-refractivity contribution in [3.8, 4) is 5.75 Å². The zero-order chi connectivity index (χ0) is 13.5. The van der Waals surface area contributed by atoms with Crippen LogP contribution in [0.2, 0.25) is 0 Å². The van der Waals surface area contributed by atoms with Crippen molar-refractivity contribution >= 4 is 5.91 Å². The minimum absolute atomic E-state index is 0.0516. The normalized spacial score (nSPS) is 19.5. The van der Waals surface area contributed by atoms with Crippen molar-refractivity contribution in [2.24, 2.45) is 0 Å². The molecular weight excluding hydrogens is 240 g/mol. The van der Waals surface area contributed by atoms with Gasteiger partial charge < -0.3 is 15.0 Å². The molecule has 1 aromatic rings. The molecule has 1 fully saturated rings. The van der Waals surface area contributed by atoms with E-state index in [2.05, 4.69) is 5.32 Å². The van der Waals surface area contributed by atoms with E-state index in [1.54, 1.807) is 0 Å². The van der Waals surface area contributed by atoms with E-state index in [4.69, 9.17) is 4.74 Å². The highest BCUT2D eigenvalue weighted by atomic mass is 16.5. The summed E-state index contributed by atoms with van der Waals surface area (Å²) in [5.74, 6) is 0.794. The largest absolute Gasteiger partial charge is 0.484 e. The van der Waals surface area contributed by atoms with Crippen molar-refractivity contribution in [1.29, 1.82) is 0 Å². The van der Waals surface area contributed by atoms with E-state index in [0.29, 0.717) is 6.04 Å². The lowest BCUT2D eigenvalue weighted by atomic mass is 10.1. The van der Waals surface area contributed by atoms with Crippen molar-refractivity contribution in [2.75, 3.05) is 26.7 Å². The second-order valence-electron chi connectivity index (χ2n) is 4.94. The number of carbonyl (C=O) groups is 1. The van der Waals surface area contributed by atoms with Crippen LogP contribution in [0.1, 0.15) is 19.3 Å².